The van der Waals surface area contributed by atoms with Crippen molar-refractivity contribution in [2.24, 2.45) is 0 Å². The predicted octanol–water partition coefficient (Wildman–Crippen LogP) is 0.530. The summed E-state index contributed by atoms with van der Waals surface area (Å²) >= 11 is 0. The molecule has 2 aliphatic rings. The van der Waals surface area contributed by atoms with Gasteiger partial charge in [-0.05, 0) is 30.0 Å². The maximum atomic E-state index is 13.7. The van der Waals surface area contributed by atoms with Crippen molar-refractivity contribution in [3.8, 4) is 11.5 Å². The van der Waals surface area contributed by atoms with Gasteiger partial charge in [0.25, 0.3) is 0 Å². The standard InChI is InChI=1S/C23H20O11/c1-8-14-9(6-11(32-2)15(8)21(29)30)5-10-16(17(14)25)20(28)23(34-4)13(24)7-12(33-3)19(27)22(23,31)18(10)26/h5-7,19,25,27,31H,1-4H3,(H,29,30)/t19-,22-,23-/m1/s1. The number of phenolic OH excluding ortho intramolecular Hbond substituents is 1. The number of benzene rings is 2. The number of methoxy groups -OCH3 is 3. The SMILES string of the molecule is COC1=CC(=O)[C@@]2(OC)C(=O)c3c(cc4cc(OC)c(C(=O)O)c(C)c4c3O)C(=O)[C@@]2(O)[C@@H]1O. The summed E-state index contributed by atoms with van der Waals surface area (Å²) in [5.41, 5.74) is -7.42. The molecule has 0 aliphatic heterocycles. The van der Waals surface area contributed by atoms with Crippen molar-refractivity contribution in [3.05, 3.63) is 46.2 Å². The highest BCUT2D eigenvalue weighted by molar-refractivity contribution is 6.35. The van der Waals surface area contributed by atoms with Gasteiger partial charge in [0.1, 0.15) is 22.8 Å². The van der Waals surface area contributed by atoms with Crippen molar-refractivity contribution in [2.75, 3.05) is 21.3 Å². The fraction of sp³-hybridized carbons (Fsp3) is 0.304. The fourth-order valence-corrected chi connectivity index (χ4v) is 4.92. The average molecular weight is 472 g/mol. The first-order valence-electron chi connectivity index (χ1n) is 9.89. The number of aliphatic hydroxyl groups excluding tert-OH is 1. The number of aliphatic hydroxyl groups is 2. The lowest BCUT2D eigenvalue weighted by atomic mass is 9.60. The van der Waals surface area contributed by atoms with Gasteiger partial charge in [0, 0.05) is 24.1 Å². The van der Waals surface area contributed by atoms with E-state index in [1.807, 2.05) is 0 Å². The van der Waals surface area contributed by atoms with Crippen LogP contribution in [0, 0.1) is 6.92 Å². The van der Waals surface area contributed by atoms with E-state index in [1.54, 1.807) is 0 Å². The molecule has 0 saturated carbocycles. The van der Waals surface area contributed by atoms with E-state index in [0.29, 0.717) is 0 Å². The summed E-state index contributed by atoms with van der Waals surface area (Å²) < 4.78 is 15.2. The zero-order valence-electron chi connectivity index (χ0n) is 18.5. The molecule has 3 atom stereocenters. The summed E-state index contributed by atoms with van der Waals surface area (Å²) in [7, 11) is 3.23. The maximum absolute atomic E-state index is 13.7. The Kier molecular flexibility index (Phi) is 5.05. The summed E-state index contributed by atoms with van der Waals surface area (Å²) in [6.07, 6.45) is -1.42. The number of aromatic hydroxyl groups is 1. The minimum Gasteiger partial charge on any atom is -0.507 e. The number of carboxylic acid groups (broad SMARTS) is 1. The van der Waals surface area contributed by atoms with Crippen molar-refractivity contribution in [1.29, 1.82) is 0 Å². The summed E-state index contributed by atoms with van der Waals surface area (Å²) in [4.78, 5) is 52.1. The molecule has 0 saturated heterocycles. The van der Waals surface area contributed by atoms with E-state index in [4.69, 9.17) is 14.2 Å². The lowest BCUT2D eigenvalue weighted by Gasteiger charge is -2.49. The van der Waals surface area contributed by atoms with Gasteiger partial charge in [-0.2, -0.15) is 0 Å². The number of carbonyl (C=O) groups excluding carboxylic acids is 3. The molecule has 0 fully saturated rings. The molecule has 0 bridgehead atoms. The van der Waals surface area contributed by atoms with E-state index in [-0.39, 0.29) is 27.6 Å². The molecule has 0 aromatic heterocycles. The van der Waals surface area contributed by atoms with Crippen LogP contribution >= 0.6 is 0 Å². The number of hydrogen-bond donors (Lipinski definition) is 4. The van der Waals surface area contributed by atoms with Gasteiger partial charge in [-0.3, -0.25) is 14.4 Å². The summed E-state index contributed by atoms with van der Waals surface area (Å²) in [5.74, 6) is -6.41. The fourth-order valence-electron chi connectivity index (χ4n) is 4.92. The number of rotatable bonds is 4. The molecule has 178 valence electrons. The first kappa shape index (κ1) is 23.4. The first-order chi connectivity index (χ1) is 15.9. The van der Waals surface area contributed by atoms with Crippen molar-refractivity contribution >= 4 is 34.1 Å². The van der Waals surface area contributed by atoms with E-state index in [2.05, 4.69) is 0 Å². The number of hydrogen-bond acceptors (Lipinski definition) is 10. The van der Waals surface area contributed by atoms with Gasteiger partial charge in [-0.15, -0.1) is 0 Å². The van der Waals surface area contributed by atoms with Gasteiger partial charge < -0.3 is 34.6 Å². The van der Waals surface area contributed by atoms with Crippen molar-refractivity contribution in [1.82, 2.24) is 0 Å². The number of carboxylic acids is 1. The van der Waals surface area contributed by atoms with Crippen LogP contribution in [0.3, 0.4) is 0 Å². The molecule has 0 amide bonds. The van der Waals surface area contributed by atoms with Gasteiger partial charge in [0.2, 0.25) is 28.6 Å². The second-order valence-corrected chi connectivity index (χ2v) is 7.96. The molecule has 2 aromatic carbocycles. The Balaban J connectivity index is 2.16. The third kappa shape index (κ3) is 2.45. The van der Waals surface area contributed by atoms with Crippen LogP contribution in [0.15, 0.2) is 24.0 Å². The van der Waals surface area contributed by atoms with E-state index in [1.165, 1.54) is 20.1 Å². The van der Waals surface area contributed by atoms with E-state index < -0.39 is 63.3 Å². The number of ketones is 3. The number of Topliss-reactive ketones (excluding diaryl/α,β-unsaturated/α-hetero) is 2. The lowest BCUT2D eigenvalue weighted by Crippen LogP contribution is -2.77. The van der Waals surface area contributed by atoms with Gasteiger partial charge >= 0.3 is 5.97 Å². The smallest absolute Gasteiger partial charge is 0.339 e. The molecule has 0 unspecified atom stereocenters. The Morgan fingerprint density at radius 3 is 2.24 bits per heavy atom. The van der Waals surface area contributed by atoms with Crippen LogP contribution in [-0.4, -0.2) is 82.4 Å². The lowest BCUT2D eigenvalue weighted by molar-refractivity contribution is -0.180. The number of fused-ring (bicyclic) bond motifs is 3. The van der Waals surface area contributed by atoms with Gasteiger partial charge in [0.05, 0.1) is 19.8 Å². The van der Waals surface area contributed by atoms with E-state index in [0.717, 1.165) is 26.4 Å². The number of carbonyl (C=O) groups is 4. The second-order valence-electron chi connectivity index (χ2n) is 7.96. The zero-order chi connectivity index (χ0) is 25.3. The predicted molar refractivity (Wildman–Crippen MR) is 113 cm³/mol. The van der Waals surface area contributed by atoms with Crippen LogP contribution in [0.1, 0.15) is 36.6 Å². The first-order valence-corrected chi connectivity index (χ1v) is 9.89. The number of phenols is 1. The monoisotopic (exact) mass is 472 g/mol. The van der Waals surface area contributed by atoms with Crippen LogP contribution in [0.4, 0.5) is 0 Å². The average Bonchev–Trinajstić information content (AvgIpc) is 2.79. The van der Waals surface area contributed by atoms with Crippen LogP contribution < -0.4 is 4.74 Å². The number of aryl methyl sites for hydroxylation is 1. The molecule has 2 aromatic rings. The molecular formula is C23H20O11. The molecule has 11 heteroatoms. The number of aromatic carboxylic acids is 1. The molecule has 34 heavy (non-hydrogen) atoms. The largest absolute Gasteiger partial charge is 0.507 e. The Bertz CT molecular complexity index is 1350. The van der Waals surface area contributed by atoms with Gasteiger partial charge in [-0.1, -0.05) is 0 Å². The summed E-state index contributed by atoms with van der Waals surface area (Å²) in [6.45, 7) is 1.38. The third-order valence-electron chi connectivity index (χ3n) is 6.55. The topological polar surface area (TPSA) is 177 Å². The third-order valence-corrected chi connectivity index (χ3v) is 6.55. The van der Waals surface area contributed by atoms with Crippen LogP contribution in [-0.2, 0) is 14.3 Å². The molecule has 0 heterocycles. The Hall–Kier alpha value is -3.80. The molecule has 4 N–H and O–H groups in total. The highest BCUT2D eigenvalue weighted by atomic mass is 16.5. The molecule has 0 spiro atoms. The molecule has 11 nitrogen and oxygen atoms in total. The quantitative estimate of drug-likeness (QED) is 0.456. The minimum atomic E-state index is -3.11. The van der Waals surface area contributed by atoms with Crippen LogP contribution in [0.2, 0.25) is 0 Å². The Morgan fingerprint density at radius 2 is 1.71 bits per heavy atom. The van der Waals surface area contributed by atoms with Crippen molar-refractivity contribution in [2.45, 2.75) is 24.2 Å². The molecule has 0 radical (unpaired) electrons. The normalized spacial score (nSPS) is 26.1. The van der Waals surface area contributed by atoms with E-state index in [9.17, 15) is 39.6 Å². The van der Waals surface area contributed by atoms with Gasteiger partial charge in [0.15, 0.2) is 6.10 Å². The minimum absolute atomic E-state index is 0.0336. The Labute approximate surface area is 191 Å². The highest BCUT2D eigenvalue weighted by Crippen LogP contribution is 2.50. The zero-order valence-corrected chi connectivity index (χ0v) is 18.5. The second kappa shape index (κ2) is 7.35. The van der Waals surface area contributed by atoms with Gasteiger partial charge in [-0.25, -0.2) is 4.79 Å². The van der Waals surface area contributed by atoms with Crippen LogP contribution in [0.25, 0.3) is 10.8 Å². The van der Waals surface area contributed by atoms with Crippen LogP contribution in [0.5, 0.6) is 11.5 Å². The summed E-state index contributed by atoms with van der Waals surface area (Å²) in [5, 5.41) is 43.0. The molecule has 4 rings (SSSR count). The van der Waals surface area contributed by atoms with E-state index >= 15 is 0 Å². The van der Waals surface area contributed by atoms with Crippen molar-refractivity contribution < 1.29 is 53.8 Å². The van der Waals surface area contributed by atoms with Crippen molar-refractivity contribution in [3.63, 3.8) is 0 Å². The number of ether oxygens (including phenoxy) is 3. The maximum Gasteiger partial charge on any atom is 0.339 e. The summed E-state index contributed by atoms with van der Waals surface area (Å²) in [6, 6.07) is 2.39. The Morgan fingerprint density at radius 1 is 1.06 bits per heavy atom. The molecule has 2 aliphatic carbocycles. The molecular weight excluding hydrogens is 452 g/mol. The highest BCUT2D eigenvalue weighted by Gasteiger charge is 2.74.